The van der Waals surface area contributed by atoms with E-state index >= 15 is 0 Å². The molecule has 88 valence electrons. The van der Waals surface area contributed by atoms with Crippen LogP contribution in [0.25, 0.3) is 22.0 Å². The highest BCUT2D eigenvalue weighted by Crippen LogP contribution is 2.25. The average molecular weight is 237 g/mol. The molecule has 0 aliphatic heterocycles. The first-order valence-corrected chi connectivity index (χ1v) is 5.60. The normalized spacial score (nSPS) is 10.7. The summed E-state index contributed by atoms with van der Waals surface area (Å²) >= 11 is 0. The van der Waals surface area contributed by atoms with Crippen LogP contribution in [0, 0.1) is 0 Å². The van der Waals surface area contributed by atoms with Crippen LogP contribution < -0.4 is 0 Å². The minimum absolute atomic E-state index is 0.238. The molecule has 0 saturated heterocycles. The second-order valence-corrected chi connectivity index (χ2v) is 4.15. The van der Waals surface area contributed by atoms with Crippen molar-refractivity contribution in [2.45, 2.75) is 0 Å². The van der Waals surface area contributed by atoms with Crippen LogP contribution in [0.15, 0.2) is 54.7 Å². The van der Waals surface area contributed by atoms with Gasteiger partial charge in [0.05, 0.1) is 5.69 Å². The van der Waals surface area contributed by atoms with Gasteiger partial charge in [0, 0.05) is 17.1 Å². The second-order valence-electron chi connectivity index (χ2n) is 4.15. The van der Waals surface area contributed by atoms with Gasteiger partial charge in [-0.15, -0.1) is 0 Å². The Kier molecular flexibility index (Phi) is 2.38. The predicted molar refractivity (Wildman–Crippen MR) is 70.5 cm³/mol. The number of hydrogen-bond donors (Lipinski definition) is 2. The zero-order chi connectivity index (χ0) is 12.5. The fraction of sp³-hybridized carbons (Fsp3) is 0. The molecule has 0 saturated carbocycles. The lowest BCUT2D eigenvalue weighted by Gasteiger charge is -2.04. The molecule has 3 rings (SSSR count). The summed E-state index contributed by atoms with van der Waals surface area (Å²) in [5, 5.41) is 20.6. The van der Waals surface area contributed by atoms with Gasteiger partial charge in [0.15, 0.2) is 0 Å². The van der Waals surface area contributed by atoms with Gasteiger partial charge in [-0.05, 0) is 47.9 Å². The maximum atomic E-state index is 9.39. The summed E-state index contributed by atoms with van der Waals surface area (Å²) in [5.41, 5.74) is 1.79. The van der Waals surface area contributed by atoms with Crippen molar-refractivity contribution in [3.8, 4) is 22.8 Å². The van der Waals surface area contributed by atoms with Crippen molar-refractivity contribution in [3.05, 3.63) is 54.7 Å². The van der Waals surface area contributed by atoms with Gasteiger partial charge in [0.1, 0.15) is 11.5 Å². The number of pyridine rings is 1. The fourth-order valence-electron chi connectivity index (χ4n) is 1.92. The Balaban J connectivity index is 2.13. The Hall–Kier alpha value is -2.55. The molecule has 1 aromatic heterocycles. The fourth-order valence-corrected chi connectivity index (χ4v) is 1.92. The predicted octanol–water partition coefficient (Wildman–Crippen LogP) is 3.31. The van der Waals surface area contributed by atoms with Crippen molar-refractivity contribution in [2.24, 2.45) is 0 Å². The smallest absolute Gasteiger partial charge is 0.116 e. The van der Waals surface area contributed by atoms with E-state index in [9.17, 15) is 10.2 Å². The molecule has 3 heteroatoms. The summed E-state index contributed by atoms with van der Waals surface area (Å²) in [6.07, 6.45) is 1.73. The molecule has 0 amide bonds. The van der Waals surface area contributed by atoms with E-state index in [-0.39, 0.29) is 11.5 Å². The van der Waals surface area contributed by atoms with Crippen molar-refractivity contribution in [1.82, 2.24) is 4.98 Å². The first kappa shape index (κ1) is 10.6. The molecule has 0 spiro atoms. The maximum Gasteiger partial charge on any atom is 0.116 e. The van der Waals surface area contributed by atoms with Gasteiger partial charge in [-0.1, -0.05) is 6.07 Å². The van der Waals surface area contributed by atoms with E-state index in [4.69, 9.17) is 0 Å². The topological polar surface area (TPSA) is 53.4 Å². The van der Waals surface area contributed by atoms with Crippen LogP contribution in [0.5, 0.6) is 11.5 Å². The lowest BCUT2D eigenvalue weighted by molar-refractivity contribution is 0.475. The number of benzene rings is 2. The summed E-state index contributed by atoms with van der Waals surface area (Å²) in [6, 6.07) is 14.1. The molecule has 0 unspecified atom stereocenters. The SMILES string of the molecule is Oc1ccc(-c2cc3ccc(O)cc3cn2)cc1. The highest BCUT2D eigenvalue weighted by molar-refractivity contribution is 5.86. The molecule has 2 N–H and O–H groups in total. The van der Waals surface area contributed by atoms with Gasteiger partial charge in [-0.2, -0.15) is 0 Å². The molecular formula is C15H11NO2. The monoisotopic (exact) mass is 237 g/mol. The van der Waals surface area contributed by atoms with Crippen LogP contribution >= 0.6 is 0 Å². The maximum absolute atomic E-state index is 9.39. The molecule has 0 fully saturated rings. The largest absolute Gasteiger partial charge is 0.508 e. The number of hydrogen-bond acceptors (Lipinski definition) is 3. The number of aromatic hydroxyl groups is 2. The Morgan fingerprint density at radius 3 is 2.22 bits per heavy atom. The van der Waals surface area contributed by atoms with Gasteiger partial charge >= 0.3 is 0 Å². The second kappa shape index (κ2) is 4.04. The van der Waals surface area contributed by atoms with Gasteiger partial charge in [-0.3, -0.25) is 4.98 Å². The van der Waals surface area contributed by atoms with Crippen LogP contribution in [0.2, 0.25) is 0 Å². The molecule has 2 aromatic carbocycles. The Morgan fingerprint density at radius 2 is 1.44 bits per heavy atom. The number of rotatable bonds is 1. The number of phenols is 2. The third-order valence-corrected chi connectivity index (χ3v) is 2.87. The van der Waals surface area contributed by atoms with E-state index in [1.807, 2.05) is 24.3 Å². The van der Waals surface area contributed by atoms with Gasteiger partial charge < -0.3 is 10.2 Å². The Labute approximate surface area is 104 Å². The van der Waals surface area contributed by atoms with Crippen LogP contribution in [-0.4, -0.2) is 15.2 Å². The Bertz CT molecular complexity index is 705. The quantitative estimate of drug-likeness (QED) is 0.682. The molecule has 0 atom stereocenters. The minimum atomic E-state index is 0.238. The molecule has 0 aliphatic rings. The van der Waals surface area contributed by atoms with Crippen LogP contribution in [0.1, 0.15) is 0 Å². The third-order valence-electron chi connectivity index (χ3n) is 2.87. The average Bonchev–Trinajstić information content (AvgIpc) is 2.39. The molecule has 3 nitrogen and oxygen atoms in total. The zero-order valence-corrected chi connectivity index (χ0v) is 9.54. The van der Waals surface area contributed by atoms with E-state index < -0.39 is 0 Å². The molecule has 0 radical (unpaired) electrons. The number of fused-ring (bicyclic) bond motifs is 1. The number of phenolic OH excluding ortho intramolecular Hbond substituents is 2. The van der Waals surface area contributed by atoms with Crippen LogP contribution in [0.3, 0.4) is 0 Å². The molecule has 0 aliphatic carbocycles. The van der Waals surface area contributed by atoms with Gasteiger partial charge in [0.25, 0.3) is 0 Å². The summed E-state index contributed by atoms with van der Waals surface area (Å²) in [4.78, 5) is 4.36. The number of nitrogens with zero attached hydrogens (tertiary/aromatic N) is 1. The van der Waals surface area contributed by atoms with Crippen LogP contribution in [0.4, 0.5) is 0 Å². The van der Waals surface area contributed by atoms with Gasteiger partial charge in [-0.25, -0.2) is 0 Å². The number of aromatic nitrogens is 1. The lowest BCUT2D eigenvalue weighted by atomic mass is 10.1. The van der Waals surface area contributed by atoms with E-state index in [1.165, 1.54) is 0 Å². The standard InChI is InChI=1S/C15H11NO2/c17-13-4-1-10(2-5-13)15-8-11-3-6-14(18)7-12(11)9-16-15/h1-9,17-18H. The molecule has 0 bridgehead atoms. The van der Waals surface area contributed by atoms with E-state index in [0.29, 0.717) is 0 Å². The molecule has 3 aromatic rings. The first-order chi connectivity index (χ1) is 8.72. The zero-order valence-electron chi connectivity index (χ0n) is 9.54. The highest BCUT2D eigenvalue weighted by atomic mass is 16.3. The minimum Gasteiger partial charge on any atom is -0.508 e. The summed E-state index contributed by atoms with van der Waals surface area (Å²) < 4.78 is 0. The molecule has 18 heavy (non-hydrogen) atoms. The lowest BCUT2D eigenvalue weighted by Crippen LogP contribution is -1.83. The van der Waals surface area contributed by atoms with Gasteiger partial charge in [0.2, 0.25) is 0 Å². The molecule has 1 heterocycles. The van der Waals surface area contributed by atoms with Crippen molar-refractivity contribution in [2.75, 3.05) is 0 Å². The summed E-state index contributed by atoms with van der Waals surface area (Å²) in [5.74, 6) is 0.478. The third kappa shape index (κ3) is 1.86. The van der Waals surface area contributed by atoms with E-state index in [0.717, 1.165) is 22.0 Å². The van der Waals surface area contributed by atoms with Crippen molar-refractivity contribution in [3.63, 3.8) is 0 Å². The van der Waals surface area contributed by atoms with Crippen molar-refractivity contribution < 1.29 is 10.2 Å². The van der Waals surface area contributed by atoms with Crippen molar-refractivity contribution >= 4 is 10.8 Å². The van der Waals surface area contributed by atoms with E-state index in [1.54, 1.807) is 30.5 Å². The highest BCUT2D eigenvalue weighted by Gasteiger charge is 2.02. The first-order valence-electron chi connectivity index (χ1n) is 5.60. The van der Waals surface area contributed by atoms with Crippen LogP contribution in [-0.2, 0) is 0 Å². The Morgan fingerprint density at radius 1 is 0.722 bits per heavy atom. The van der Waals surface area contributed by atoms with Crippen molar-refractivity contribution in [1.29, 1.82) is 0 Å². The summed E-state index contributed by atoms with van der Waals surface area (Å²) in [7, 11) is 0. The molecular weight excluding hydrogens is 226 g/mol. The summed E-state index contributed by atoms with van der Waals surface area (Å²) in [6.45, 7) is 0. The van der Waals surface area contributed by atoms with E-state index in [2.05, 4.69) is 4.98 Å².